The molecule has 0 saturated carbocycles. The lowest BCUT2D eigenvalue weighted by molar-refractivity contribution is -0.137. The monoisotopic (exact) mass is 469 g/mol. The lowest BCUT2D eigenvalue weighted by atomic mass is 9.93. The van der Waals surface area contributed by atoms with Crippen molar-refractivity contribution in [2.75, 3.05) is 14.1 Å². The van der Waals surface area contributed by atoms with Crippen LogP contribution in [0.4, 0.5) is 0 Å². The van der Waals surface area contributed by atoms with Crippen LogP contribution < -0.4 is 5.32 Å². The first-order valence-electron chi connectivity index (χ1n) is 11.8. The van der Waals surface area contributed by atoms with Crippen molar-refractivity contribution in [3.63, 3.8) is 0 Å². The van der Waals surface area contributed by atoms with Crippen molar-refractivity contribution in [2.24, 2.45) is 0 Å². The number of rotatable bonds is 10. The third kappa shape index (κ3) is 6.16. The molecule has 180 valence electrons. The number of amides is 1. The molecule has 1 amide bonds. The molecule has 1 aromatic heterocycles. The number of fused-ring (bicyclic) bond motifs is 1. The molecule has 0 radical (unpaired) electrons. The molecule has 0 aliphatic rings. The summed E-state index contributed by atoms with van der Waals surface area (Å²) < 4.78 is 0. The first-order chi connectivity index (χ1) is 16.9. The average Bonchev–Trinajstić information content (AvgIpc) is 3.24. The molecule has 6 heteroatoms. The van der Waals surface area contributed by atoms with Gasteiger partial charge in [-0.1, -0.05) is 60.7 Å². The number of carboxylic acids is 1. The average molecular weight is 470 g/mol. The first-order valence-corrected chi connectivity index (χ1v) is 11.8. The van der Waals surface area contributed by atoms with E-state index in [9.17, 15) is 9.59 Å². The van der Waals surface area contributed by atoms with E-state index in [1.54, 1.807) is 0 Å². The number of benzene rings is 3. The Hall–Kier alpha value is -3.90. The number of aliphatic carboxylic acids is 1. The zero-order valence-electron chi connectivity index (χ0n) is 20.1. The van der Waals surface area contributed by atoms with Gasteiger partial charge in [0.25, 0.3) is 0 Å². The van der Waals surface area contributed by atoms with E-state index in [1.165, 1.54) is 5.56 Å². The third-order valence-electron chi connectivity index (χ3n) is 6.10. The highest BCUT2D eigenvalue weighted by molar-refractivity contribution is 5.86. The number of H-pyrrole nitrogens is 1. The summed E-state index contributed by atoms with van der Waals surface area (Å²) in [5.74, 6) is -0.892. The molecule has 0 saturated heterocycles. The maximum Gasteiger partial charge on any atom is 0.303 e. The Balaban J connectivity index is 1.58. The quantitative estimate of drug-likeness (QED) is 0.314. The predicted molar refractivity (Wildman–Crippen MR) is 138 cm³/mol. The van der Waals surface area contributed by atoms with Gasteiger partial charge in [0.2, 0.25) is 5.91 Å². The Morgan fingerprint density at radius 1 is 0.971 bits per heavy atom. The predicted octanol–water partition coefficient (Wildman–Crippen LogP) is 4.70. The lowest BCUT2D eigenvalue weighted by Crippen LogP contribution is -2.31. The molecule has 0 aliphatic heterocycles. The van der Waals surface area contributed by atoms with E-state index < -0.39 is 5.97 Å². The van der Waals surface area contributed by atoms with Gasteiger partial charge in [0, 0.05) is 30.1 Å². The molecule has 4 rings (SSSR count). The van der Waals surface area contributed by atoms with Crippen molar-refractivity contribution < 1.29 is 14.7 Å². The molecule has 6 nitrogen and oxygen atoms in total. The molecule has 0 fully saturated rings. The largest absolute Gasteiger partial charge is 0.481 e. The lowest BCUT2D eigenvalue weighted by Gasteiger charge is -2.24. The maximum absolute atomic E-state index is 13.3. The molecule has 35 heavy (non-hydrogen) atoms. The van der Waals surface area contributed by atoms with E-state index in [4.69, 9.17) is 5.11 Å². The number of nitrogens with zero attached hydrogens (tertiary/aromatic N) is 1. The number of carbonyl (C=O) groups is 2. The number of aryl methyl sites for hydroxylation is 1. The van der Waals surface area contributed by atoms with E-state index in [0.29, 0.717) is 6.42 Å². The second-order valence-corrected chi connectivity index (χ2v) is 9.11. The summed E-state index contributed by atoms with van der Waals surface area (Å²) in [5, 5.41) is 13.3. The highest BCUT2D eigenvalue weighted by atomic mass is 16.4. The molecular formula is C29H31N3O3. The van der Waals surface area contributed by atoms with Gasteiger partial charge in [0.15, 0.2) is 0 Å². The van der Waals surface area contributed by atoms with E-state index in [0.717, 1.165) is 39.7 Å². The van der Waals surface area contributed by atoms with Crippen LogP contribution in [-0.2, 0) is 29.0 Å². The van der Waals surface area contributed by atoms with Crippen LogP contribution >= 0.6 is 0 Å². The molecule has 0 bridgehead atoms. The van der Waals surface area contributed by atoms with Crippen molar-refractivity contribution in [2.45, 2.75) is 31.8 Å². The van der Waals surface area contributed by atoms with Gasteiger partial charge in [-0.15, -0.1) is 0 Å². The Morgan fingerprint density at radius 3 is 2.46 bits per heavy atom. The van der Waals surface area contributed by atoms with Crippen molar-refractivity contribution in [1.82, 2.24) is 15.2 Å². The summed E-state index contributed by atoms with van der Waals surface area (Å²) in [6.45, 7) is 0.776. The summed E-state index contributed by atoms with van der Waals surface area (Å²) in [4.78, 5) is 29.6. The minimum Gasteiger partial charge on any atom is -0.481 e. The van der Waals surface area contributed by atoms with Gasteiger partial charge in [-0.2, -0.15) is 0 Å². The van der Waals surface area contributed by atoms with Crippen molar-refractivity contribution in [3.8, 4) is 0 Å². The second-order valence-electron chi connectivity index (χ2n) is 9.11. The minimum absolute atomic E-state index is 0.0690. The van der Waals surface area contributed by atoms with Gasteiger partial charge in [0.05, 0.1) is 12.5 Å². The second kappa shape index (κ2) is 11.0. The van der Waals surface area contributed by atoms with E-state index in [1.807, 2.05) is 81.0 Å². The number of carbonyl (C=O) groups excluding carboxylic acids is 1. The Morgan fingerprint density at radius 2 is 1.71 bits per heavy atom. The number of carboxylic acid groups (broad SMARTS) is 1. The number of aromatic nitrogens is 1. The van der Waals surface area contributed by atoms with Gasteiger partial charge in [0.1, 0.15) is 0 Å². The van der Waals surface area contributed by atoms with Crippen molar-refractivity contribution in [3.05, 3.63) is 107 Å². The maximum atomic E-state index is 13.3. The highest BCUT2D eigenvalue weighted by Crippen LogP contribution is 2.27. The fourth-order valence-corrected chi connectivity index (χ4v) is 4.47. The zero-order valence-corrected chi connectivity index (χ0v) is 20.1. The summed E-state index contributed by atoms with van der Waals surface area (Å²) in [6.07, 6.45) is 2.61. The molecular weight excluding hydrogens is 438 g/mol. The Labute approximate surface area is 205 Å². The van der Waals surface area contributed by atoms with Crippen LogP contribution in [0, 0.1) is 0 Å². The van der Waals surface area contributed by atoms with Crippen LogP contribution in [-0.4, -0.2) is 41.0 Å². The van der Waals surface area contributed by atoms with Gasteiger partial charge in [-0.05, 0) is 60.5 Å². The fourth-order valence-electron chi connectivity index (χ4n) is 4.47. The molecule has 1 unspecified atom stereocenters. The summed E-state index contributed by atoms with van der Waals surface area (Å²) >= 11 is 0. The number of hydrogen-bond donors (Lipinski definition) is 3. The summed E-state index contributed by atoms with van der Waals surface area (Å²) in [6, 6.07) is 23.9. The SMILES string of the molecule is CN(C)Cc1ccccc1C(NC(=O)Cc1ccc2[nH]cc(CCC(=O)O)c2c1)c1ccccc1. The fraction of sp³-hybridized carbons (Fsp3) is 0.241. The summed E-state index contributed by atoms with van der Waals surface area (Å²) in [7, 11) is 4.07. The zero-order chi connectivity index (χ0) is 24.8. The van der Waals surface area contributed by atoms with Crippen LogP contribution in [0.2, 0.25) is 0 Å². The van der Waals surface area contributed by atoms with Crippen LogP contribution in [0.25, 0.3) is 10.9 Å². The molecule has 1 atom stereocenters. The molecule has 3 N–H and O–H groups in total. The molecule has 4 aromatic rings. The molecule has 1 heterocycles. The smallest absolute Gasteiger partial charge is 0.303 e. The van der Waals surface area contributed by atoms with E-state index >= 15 is 0 Å². The molecule has 0 spiro atoms. The first kappa shape index (κ1) is 24.2. The summed E-state index contributed by atoms with van der Waals surface area (Å²) in [5.41, 5.74) is 6.06. The van der Waals surface area contributed by atoms with Crippen molar-refractivity contribution >= 4 is 22.8 Å². The number of hydrogen-bond acceptors (Lipinski definition) is 3. The molecule has 3 aromatic carbocycles. The minimum atomic E-state index is -0.823. The Bertz CT molecular complexity index is 1310. The van der Waals surface area contributed by atoms with Crippen LogP contribution in [0.5, 0.6) is 0 Å². The standard InChI is InChI=1S/C29H31N3O3/c1-32(2)19-23-10-6-7-11-24(23)29(21-8-4-3-5-9-21)31-27(33)17-20-12-14-26-25(16-20)22(18-30-26)13-15-28(34)35/h3-12,14,16,18,29-30H,13,15,17,19H2,1-2H3,(H,31,33)(H,34,35). The van der Waals surface area contributed by atoms with Gasteiger partial charge < -0.3 is 20.3 Å². The van der Waals surface area contributed by atoms with Crippen molar-refractivity contribution in [1.29, 1.82) is 0 Å². The normalized spacial score (nSPS) is 12.1. The van der Waals surface area contributed by atoms with Crippen LogP contribution in [0.3, 0.4) is 0 Å². The van der Waals surface area contributed by atoms with Gasteiger partial charge in [-0.3, -0.25) is 9.59 Å². The Kier molecular flexibility index (Phi) is 7.63. The van der Waals surface area contributed by atoms with Gasteiger partial charge >= 0.3 is 5.97 Å². The topological polar surface area (TPSA) is 85.4 Å². The van der Waals surface area contributed by atoms with E-state index in [-0.39, 0.29) is 24.8 Å². The third-order valence-corrected chi connectivity index (χ3v) is 6.10. The van der Waals surface area contributed by atoms with E-state index in [2.05, 4.69) is 27.3 Å². The van der Waals surface area contributed by atoms with Crippen LogP contribution in [0.15, 0.2) is 79.0 Å². The van der Waals surface area contributed by atoms with Crippen LogP contribution in [0.1, 0.15) is 40.3 Å². The number of nitrogens with one attached hydrogen (secondary N) is 2. The molecule has 0 aliphatic carbocycles. The van der Waals surface area contributed by atoms with Gasteiger partial charge in [-0.25, -0.2) is 0 Å². The number of aromatic amines is 1. The highest BCUT2D eigenvalue weighted by Gasteiger charge is 2.20.